The minimum atomic E-state index is -0.629. The average Bonchev–Trinajstić information content (AvgIpc) is 2.57. The van der Waals surface area contributed by atoms with E-state index in [1.54, 1.807) is 27.7 Å². The normalized spacial score (nSPS) is 17.8. The first-order chi connectivity index (χ1) is 10.2. The van der Waals surface area contributed by atoms with Gasteiger partial charge in [-0.05, 0) is 39.8 Å². The van der Waals surface area contributed by atoms with Gasteiger partial charge < -0.3 is 9.47 Å². The lowest BCUT2D eigenvalue weighted by atomic mass is 10.1. The molecular formula is C16H19FN2O3. The van der Waals surface area contributed by atoms with Gasteiger partial charge in [0.15, 0.2) is 0 Å². The molecule has 2 rings (SSSR count). The summed E-state index contributed by atoms with van der Waals surface area (Å²) in [7, 11) is 0. The van der Waals surface area contributed by atoms with E-state index in [0.717, 1.165) is 6.07 Å². The summed E-state index contributed by atoms with van der Waals surface area (Å²) >= 11 is 0. The summed E-state index contributed by atoms with van der Waals surface area (Å²) in [6.45, 7) is 7.38. The molecule has 0 spiro atoms. The second kappa shape index (κ2) is 5.84. The molecule has 1 aromatic carbocycles. The van der Waals surface area contributed by atoms with Crippen LogP contribution in [0.4, 0.5) is 9.18 Å². The van der Waals surface area contributed by atoms with Gasteiger partial charge >= 0.3 is 6.09 Å². The molecule has 5 nitrogen and oxygen atoms in total. The number of carbonyl (C=O) groups is 1. The van der Waals surface area contributed by atoms with Gasteiger partial charge in [-0.25, -0.2) is 9.18 Å². The quantitative estimate of drug-likeness (QED) is 0.738. The Morgan fingerprint density at radius 1 is 1.50 bits per heavy atom. The highest BCUT2D eigenvalue weighted by atomic mass is 19.1. The Bertz CT molecular complexity index is 632. The Balaban J connectivity index is 2.33. The third kappa shape index (κ3) is 3.48. The molecule has 0 saturated carbocycles. The molecule has 0 fully saturated rings. The highest BCUT2D eigenvalue weighted by molar-refractivity contribution is 5.69. The van der Waals surface area contributed by atoms with Gasteiger partial charge in [0.25, 0.3) is 0 Å². The van der Waals surface area contributed by atoms with Crippen molar-refractivity contribution in [3.8, 4) is 11.8 Å². The smallest absolute Gasteiger partial charge is 0.410 e. The first-order valence-electron chi connectivity index (χ1n) is 7.06. The van der Waals surface area contributed by atoms with E-state index in [1.807, 2.05) is 6.07 Å². The Morgan fingerprint density at radius 2 is 2.18 bits per heavy atom. The van der Waals surface area contributed by atoms with Gasteiger partial charge in [0.1, 0.15) is 23.8 Å². The minimum absolute atomic E-state index is 0.0446. The number of carbonyl (C=O) groups excluding carboxylic acids is 1. The van der Waals surface area contributed by atoms with Crippen molar-refractivity contribution in [3.05, 3.63) is 29.1 Å². The van der Waals surface area contributed by atoms with Crippen LogP contribution in [-0.4, -0.2) is 29.2 Å². The number of hydrogen-bond acceptors (Lipinski definition) is 4. The van der Waals surface area contributed by atoms with Crippen molar-refractivity contribution >= 4 is 6.09 Å². The maximum Gasteiger partial charge on any atom is 0.410 e. The maximum absolute atomic E-state index is 14.2. The molecule has 0 radical (unpaired) electrons. The van der Waals surface area contributed by atoms with Crippen LogP contribution in [0.25, 0.3) is 0 Å². The van der Waals surface area contributed by atoms with Gasteiger partial charge in [-0.1, -0.05) is 0 Å². The molecule has 1 heterocycles. The summed E-state index contributed by atoms with van der Waals surface area (Å²) in [5, 5.41) is 8.90. The Kier molecular flexibility index (Phi) is 4.27. The van der Waals surface area contributed by atoms with Crippen molar-refractivity contribution in [3.63, 3.8) is 0 Å². The van der Waals surface area contributed by atoms with Crippen LogP contribution in [0.5, 0.6) is 5.75 Å². The number of fused-ring (bicyclic) bond motifs is 1. The van der Waals surface area contributed by atoms with Crippen LogP contribution in [0.2, 0.25) is 0 Å². The summed E-state index contributed by atoms with van der Waals surface area (Å²) in [4.78, 5) is 13.7. The molecule has 6 heteroatoms. The number of nitriles is 1. The minimum Gasteiger partial charge on any atom is -0.491 e. The summed E-state index contributed by atoms with van der Waals surface area (Å²) in [6.07, 6.45) is -0.514. The lowest BCUT2D eigenvalue weighted by molar-refractivity contribution is 0.0131. The van der Waals surface area contributed by atoms with E-state index in [9.17, 15) is 9.18 Å². The molecule has 0 unspecified atom stereocenters. The molecule has 0 aromatic heterocycles. The van der Waals surface area contributed by atoms with Gasteiger partial charge in [-0.15, -0.1) is 0 Å². The van der Waals surface area contributed by atoms with Crippen molar-refractivity contribution in [2.45, 2.75) is 45.9 Å². The lowest BCUT2D eigenvalue weighted by Crippen LogP contribution is -2.43. The van der Waals surface area contributed by atoms with Crippen LogP contribution in [0.15, 0.2) is 12.1 Å². The second-order valence-corrected chi connectivity index (χ2v) is 6.31. The zero-order valence-electron chi connectivity index (χ0n) is 13.1. The van der Waals surface area contributed by atoms with Crippen LogP contribution < -0.4 is 4.74 Å². The number of hydrogen-bond donors (Lipinski definition) is 0. The van der Waals surface area contributed by atoms with E-state index in [4.69, 9.17) is 14.7 Å². The van der Waals surface area contributed by atoms with E-state index in [-0.39, 0.29) is 30.3 Å². The molecule has 0 saturated heterocycles. The largest absolute Gasteiger partial charge is 0.491 e. The number of halogens is 1. The molecule has 1 aliphatic heterocycles. The van der Waals surface area contributed by atoms with Crippen LogP contribution in [0, 0.1) is 17.1 Å². The molecule has 22 heavy (non-hydrogen) atoms. The van der Waals surface area contributed by atoms with Crippen LogP contribution in [0.1, 0.15) is 38.8 Å². The van der Waals surface area contributed by atoms with Gasteiger partial charge in [-0.2, -0.15) is 5.26 Å². The maximum atomic E-state index is 14.2. The highest BCUT2D eigenvalue weighted by Crippen LogP contribution is 2.29. The van der Waals surface area contributed by atoms with E-state index >= 15 is 0 Å². The van der Waals surface area contributed by atoms with Crippen molar-refractivity contribution < 1.29 is 18.7 Å². The van der Waals surface area contributed by atoms with E-state index in [1.165, 1.54) is 11.0 Å². The molecule has 0 bridgehead atoms. The molecule has 0 N–H and O–H groups in total. The van der Waals surface area contributed by atoms with Crippen LogP contribution in [0.3, 0.4) is 0 Å². The van der Waals surface area contributed by atoms with Crippen molar-refractivity contribution in [1.82, 2.24) is 4.90 Å². The van der Waals surface area contributed by atoms with Crippen LogP contribution in [-0.2, 0) is 11.3 Å². The fourth-order valence-electron chi connectivity index (χ4n) is 2.15. The van der Waals surface area contributed by atoms with Crippen LogP contribution >= 0.6 is 0 Å². The number of ether oxygens (including phenoxy) is 2. The summed E-state index contributed by atoms with van der Waals surface area (Å²) in [5.41, 5.74) is -0.181. The SMILES string of the molecule is C[C@H]1COc2cc(C#N)cc(F)c2CN1C(=O)OC(C)(C)C. The second-order valence-electron chi connectivity index (χ2n) is 6.31. The monoisotopic (exact) mass is 306 g/mol. The lowest BCUT2D eigenvalue weighted by Gasteiger charge is -2.29. The number of amides is 1. The van der Waals surface area contributed by atoms with Gasteiger partial charge in [0.05, 0.1) is 24.2 Å². The van der Waals surface area contributed by atoms with Crippen molar-refractivity contribution in [1.29, 1.82) is 5.26 Å². The number of benzene rings is 1. The number of nitrogens with zero attached hydrogens (tertiary/aromatic N) is 2. The zero-order valence-corrected chi connectivity index (χ0v) is 13.1. The predicted molar refractivity (Wildman–Crippen MR) is 77.8 cm³/mol. The molecular weight excluding hydrogens is 287 g/mol. The molecule has 118 valence electrons. The standard InChI is InChI=1S/C16H19FN2O3/c1-10-9-21-14-6-11(7-18)5-13(17)12(14)8-19(10)15(20)22-16(2,3)4/h5-6,10H,8-9H2,1-4H3/t10-/m0/s1. The van der Waals surface area contributed by atoms with Gasteiger partial charge in [0, 0.05) is 5.56 Å². The Labute approximate surface area is 129 Å². The summed E-state index contributed by atoms with van der Waals surface area (Å²) in [6, 6.07) is 4.25. The third-order valence-corrected chi connectivity index (χ3v) is 3.25. The van der Waals surface area contributed by atoms with E-state index in [0.29, 0.717) is 5.75 Å². The van der Waals surface area contributed by atoms with Crippen molar-refractivity contribution in [2.75, 3.05) is 6.61 Å². The average molecular weight is 306 g/mol. The molecule has 1 aromatic rings. The number of rotatable bonds is 0. The van der Waals surface area contributed by atoms with Gasteiger partial charge in [0.2, 0.25) is 0 Å². The van der Waals surface area contributed by atoms with Gasteiger partial charge in [-0.3, -0.25) is 4.90 Å². The fraction of sp³-hybridized carbons (Fsp3) is 0.500. The summed E-state index contributed by atoms with van der Waals surface area (Å²) < 4.78 is 25.1. The first-order valence-corrected chi connectivity index (χ1v) is 7.06. The summed E-state index contributed by atoms with van der Waals surface area (Å²) in [5.74, 6) is -0.258. The zero-order chi connectivity index (χ0) is 16.5. The fourth-order valence-corrected chi connectivity index (χ4v) is 2.15. The molecule has 1 atom stereocenters. The molecule has 1 amide bonds. The predicted octanol–water partition coefficient (Wildman–Crippen LogP) is 3.22. The van der Waals surface area contributed by atoms with E-state index < -0.39 is 17.5 Å². The molecule has 0 aliphatic carbocycles. The first kappa shape index (κ1) is 16.1. The third-order valence-electron chi connectivity index (χ3n) is 3.25. The Morgan fingerprint density at radius 3 is 2.77 bits per heavy atom. The van der Waals surface area contributed by atoms with Crippen molar-refractivity contribution in [2.24, 2.45) is 0 Å². The topological polar surface area (TPSA) is 62.6 Å². The molecule has 1 aliphatic rings. The Hall–Kier alpha value is -2.29. The van der Waals surface area contributed by atoms with E-state index in [2.05, 4.69) is 0 Å². The highest BCUT2D eigenvalue weighted by Gasteiger charge is 2.31.